The largest absolute Gasteiger partial charge is 0.494 e. The molecular weight excluding hydrogens is 310 g/mol. The lowest BCUT2D eigenvalue weighted by atomic mass is 10.2. The van der Waals surface area contributed by atoms with Crippen molar-refractivity contribution in [2.45, 2.75) is 25.8 Å². The number of nitrogens with one attached hydrogen (secondary N) is 2. The summed E-state index contributed by atoms with van der Waals surface area (Å²) in [5.41, 5.74) is 1.49. The lowest BCUT2D eigenvalue weighted by Crippen LogP contribution is -2.36. The highest BCUT2D eigenvalue weighted by Crippen LogP contribution is 2.26. The van der Waals surface area contributed by atoms with E-state index in [1.165, 1.54) is 11.3 Å². The third kappa shape index (κ3) is 4.09. The summed E-state index contributed by atoms with van der Waals surface area (Å²) < 4.78 is 5.58. The van der Waals surface area contributed by atoms with Crippen LogP contribution in [-0.2, 0) is 0 Å². The summed E-state index contributed by atoms with van der Waals surface area (Å²) in [6.07, 6.45) is 1.96. The third-order valence-electron chi connectivity index (χ3n) is 3.71. The molecule has 2 heterocycles. The molecule has 0 bridgehead atoms. The van der Waals surface area contributed by atoms with Gasteiger partial charge in [-0.05, 0) is 43.7 Å². The molecule has 1 aliphatic heterocycles. The maximum Gasteiger partial charge on any atom is 0.271 e. The highest BCUT2D eigenvalue weighted by atomic mass is 32.1. The number of carbonyl (C=O) groups is 1. The van der Waals surface area contributed by atoms with Crippen molar-refractivity contribution >= 4 is 17.2 Å². The topological polar surface area (TPSA) is 63.2 Å². The molecule has 1 aliphatic rings. The van der Waals surface area contributed by atoms with Crippen LogP contribution in [0.25, 0.3) is 10.6 Å². The molecule has 1 fully saturated rings. The minimum absolute atomic E-state index is 0.0934. The summed E-state index contributed by atoms with van der Waals surface area (Å²) in [6.45, 7) is 4.59. The van der Waals surface area contributed by atoms with Gasteiger partial charge in [0.1, 0.15) is 16.5 Å². The molecule has 6 heteroatoms. The number of ether oxygens (including phenoxy) is 1. The fourth-order valence-electron chi connectivity index (χ4n) is 2.46. The fraction of sp³-hybridized carbons (Fsp3) is 0.412. The number of benzene rings is 1. The van der Waals surface area contributed by atoms with Crippen LogP contribution in [0.5, 0.6) is 5.75 Å². The van der Waals surface area contributed by atoms with Crippen molar-refractivity contribution in [1.29, 1.82) is 0 Å². The number of aromatic nitrogens is 1. The molecule has 2 N–H and O–H groups in total. The molecule has 1 aromatic carbocycles. The molecular formula is C17H21N3O2S. The van der Waals surface area contributed by atoms with Crippen LogP contribution in [0.1, 0.15) is 30.3 Å². The number of thiazole rings is 1. The molecule has 5 nitrogen and oxygen atoms in total. The zero-order valence-corrected chi connectivity index (χ0v) is 14.0. The molecule has 122 valence electrons. The normalized spacial score (nSPS) is 17.2. The smallest absolute Gasteiger partial charge is 0.271 e. The van der Waals surface area contributed by atoms with E-state index >= 15 is 0 Å². The standard InChI is InChI=1S/C17H21N3O2S/c1-2-9-22-14-5-3-12(4-6-14)17-20-15(11-23-17)16(21)19-13-7-8-18-10-13/h3-6,11,13,18H,2,7-10H2,1H3,(H,19,21). The molecule has 0 saturated carbocycles. The van der Waals surface area contributed by atoms with E-state index < -0.39 is 0 Å². The van der Waals surface area contributed by atoms with Gasteiger partial charge in [0.05, 0.1) is 6.61 Å². The van der Waals surface area contributed by atoms with E-state index in [1.54, 1.807) is 0 Å². The van der Waals surface area contributed by atoms with Crippen molar-refractivity contribution in [3.8, 4) is 16.3 Å². The van der Waals surface area contributed by atoms with Crippen molar-refractivity contribution in [2.75, 3.05) is 19.7 Å². The minimum atomic E-state index is -0.0934. The van der Waals surface area contributed by atoms with Crippen LogP contribution in [0.4, 0.5) is 0 Å². The van der Waals surface area contributed by atoms with E-state index in [1.807, 2.05) is 29.6 Å². The molecule has 0 spiro atoms. The Morgan fingerprint density at radius 3 is 2.96 bits per heavy atom. The second kappa shape index (κ2) is 7.57. The summed E-state index contributed by atoms with van der Waals surface area (Å²) in [5.74, 6) is 0.767. The van der Waals surface area contributed by atoms with E-state index in [-0.39, 0.29) is 11.9 Å². The van der Waals surface area contributed by atoms with Crippen LogP contribution in [0, 0.1) is 0 Å². The van der Waals surface area contributed by atoms with Gasteiger partial charge in [0.2, 0.25) is 0 Å². The highest BCUT2D eigenvalue weighted by Gasteiger charge is 2.19. The minimum Gasteiger partial charge on any atom is -0.494 e. The molecule has 1 aromatic heterocycles. The van der Waals surface area contributed by atoms with Crippen LogP contribution >= 0.6 is 11.3 Å². The average Bonchev–Trinajstić information content (AvgIpc) is 3.25. The summed E-state index contributed by atoms with van der Waals surface area (Å²) in [7, 11) is 0. The first-order valence-corrected chi connectivity index (χ1v) is 8.84. The first kappa shape index (κ1) is 16.0. The predicted octanol–water partition coefficient (Wildman–Crippen LogP) is 2.69. The van der Waals surface area contributed by atoms with Crippen LogP contribution in [-0.4, -0.2) is 36.6 Å². The van der Waals surface area contributed by atoms with Gasteiger partial charge < -0.3 is 15.4 Å². The number of carbonyl (C=O) groups excluding carboxylic acids is 1. The van der Waals surface area contributed by atoms with Gasteiger partial charge in [0.25, 0.3) is 5.91 Å². The van der Waals surface area contributed by atoms with Crippen LogP contribution in [0.15, 0.2) is 29.6 Å². The van der Waals surface area contributed by atoms with Gasteiger partial charge in [0.15, 0.2) is 0 Å². The Kier molecular flexibility index (Phi) is 5.25. The molecule has 0 aliphatic carbocycles. The van der Waals surface area contributed by atoms with Crippen LogP contribution in [0.2, 0.25) is 0 Å². The fourth-order valence-corrected chi connectivity index (χ4v) is 3.27. The van der Waals surface area contributed by atoms with Crippen LogP contribution in [0.3, 0.4) is 0 Å². The quantitative estimate of drug-likeness (QED) is 0.854. The van der Waals surface area contributed by atoms with Gasteiger partial charge in [-0.15, -0.1) is 11.3 Å². The van der Waals surface area contributed by atoms with E-state index in [9.17, 15) is 4.79 Å². The Labute approximate surface area is 140 Å². The Morgan fingerprint density at radius 1 is 1.43 bits per heavy atom. The monoisotopic (exact) mass is 331 g/mol. The van der Waals surface area contributed by atoms with Crippen molar-refractivity contribution in [3.05, 3.63) is 35.3 Å². The zero-order valence-electron chi connectivity index (χ0n) is 13.2. The first-order chi connectivity index (χ1) is 11.3. The Balaban J connectivity index is 1.64. The van der Waals surface area contributed by atoms with Gasteiger partial charge in [-0.3, -0.25) is 4.79 Å². The van der Waals surface area contributed by atoms with E-state index in [0.29, 0.717) is 5.69 Å². The Hall–Kier alpha value is -1.92. The molecule has 1 unspecified atom stereocenters. The summed E-state index contributed by atoms with van der Waals surface area (Å²) >= 11 is 1.48. The van der Waals surface area contributed by atoms with E-state index in [0.717, 1.165) is 48.9 Å². The average molecular weight is 331 g/mol. The molecule has 3 rings (SSSR count). The molecule has 1 atom stereocenters. The number of nitrogens with zero attached hydrogens (tertiary/aromatic N) is 1. The summed E-state index contributed by atoms with van der Waals surface area (Å²) in [4.78, 5) is 16.7. The molecule has 0 radical (unpaired) electrons. The van der Waals surface area contributed by atoms with Gasteiger partial charge in [-0.2, -0.15) is 0 Å². The van der Waals surface area contributed by atoms with Crippen molar-refractivity contribution in [1.82, 2.24) is 15.6 Å². The van der Waals surface area contributed by atoms with Crippen molar-refractivity contribution in [3.63, 3.8) is 0 Å². The van der Waals surface area contributed by atoms with Gasteiger partial charge in [-0.1, -0.05) is 6.92 Å². The highest BCUT2D eigenvalue weighted by molar-refractivity contribution is 7.13. The lowest BCUT2D eigenvalue weighted by molar-refractivity contribution is 0.0936. The third-order valence-corrected chi connectivity index (χ3v) is 4.60. The molecule has 2 aromatic rings. The van der Waals surface area contributed by atoms with Gasteiger partial charge in [-0.25, -0.2) is 4.98 Å². The number of rotatable bonds is 6. The molecule has 1 amide bonds. The van der Waals surface area contributed by atoms with E-state index in [4.69, 9.17) is 4.74 Å². The SMILES string of the molecule is CCCOc1ccc(-c2nc(C(=O)NC3CCNC3)cs2)cc1. The summed E-state index contributed by atoms with van der Waals surface area (Å²) in [5, 5.41) is 8.91. The number of amides is 1. The molecule has 23 heavy (non-hydrogen) atoms. The number of hydrogen-bond donors (Lipinski definition) is 2. The second-order valence-electron chi connectivity index (χ2n) is 5.57. The second-order valence-corrected chi connectivity index (χ2v) is 6.43. The molecule has 1 saturated heterocycles. The Bertz CT molecular complexity index is 648. The van der Waals surface area contributed by atoms with Gasteiger partial charge >= 0.3 is 0 Å². The van der Waals surface area contributed by atoms with Crippen molar-refractivity contribution < 1.29 is 9.53 Å². The Morgan fingerprint density at radius 2 is 2.26 bits per heavy atom. The lowest BCUT2D eigenvalue weighted by Gasteiger charge is -2.09. The maximum absolute atomic E-state index is 12.2. The van der Waals surface area contributed by atoms with E-state index in [2.05, 4.69) is 22.5 Å². The maximum atomic E-state index is 12.2. The number of hydrogen-bond acceptors (Lipinski definition) is 5. The summed E-state index contributed by atoms with van der Waals surface area (Å²) in [6, 6.07) is 8.05. The van der Waals surface area contributed by atoms with Crippen LogP contribution < -0.4 is 15.4 Å². The first-order valence-electron chi connectivity index (χ1n) is 7.96. The van der Waals surface area contributed by atoms with Crippen molar-refractivity contribution in [2.24, 2.45) is 0 Å². The van der Waals surface area contributed by atoms with Gasteiger partial charge in [0, 0.05) is 23.5 Å². The zero-order chi connectivity index (χ0) is 16.1. The predicted molar refractivity (Wildman–Crippen MR) is 92.1 cm³/mol.